The van der Waals surface area contributed by atoms with Crippen LogP contribution >= 0.6 is 11.3 Å². The van der Waals surface area contributed by atoms with Gasteiger partial charge in [-0.3, -0.25) is 4.79 Å². The third-order valence-corrected chi connectivity index (χ3v) is 3.49. The highest BCUT2D eigenvalue weighted by Crippen LogP contribution is 2.22. The average Bonchev–Trinajstić information content (AvgIpc) is 2.61. The number of hydrogen-bond acceptors (Lipinski definition) is 3. The summed E-state index contributed by atoms with van der Waals surface area (Å²) < 4.78 is 12.8. The van der Waals surface area contributed by atoms with Crippen molar-refractivity contribution in [3.63, 3.8) is 0 Å². The lowest BCUT2D eigenvalue weighted by atomic mass is 10.1. The van der Waals surface area contributed by atoms with E-state index in [0.29, 0.717) is 12.1 Å². The quantitative estimate of drug-likeness (QED) is 0.924. The van der Waals surface area contributed by atoms with Crippen molar-refractivity contribution in [2.75, 3.05) is 0 Å². The van der Waals surface area contributed by atoms with Crippen LogP contribution in [-0.4, -0.2) is 16.1 Å². The van der Waals surface area contributed by atoms with Gasteiger partial charge in [0.2, 0.25) is 0 Å². The summed E-state index contributed by atoms with van der Waals surface area (Å²) in [5, 5.41) is 9.67. The van der Waals surface area contributed by atoms with Gasteiger partial charge in [-0.05, 0) is 24.6 Å². The van der Waals surface area contributed by atoms with Crippen LogP contribution in [0.5, 0.6) is 0 Å². The van der Waals surface area contributed by atoms with Crippen molar-refractivity contribution in [1.82, 2.24) is 4.98 Å². The molecule has 18 heavy (non-hydrogen) atoms. The largest absolute Gasteiger partial charge is 0.481 e. The lowest BCUT2D eigenvalue weighted by Gasteiger charge is -2.01. The van der Waals surface area contributed by atoms with E-state index >= 15 is 0 Å². The molecule has 0 unspecified atom stereocenters. The van der Waals surface area contributed by atoms with Crippen molar-refractivity contribution < 1.29 is 14.3 Å². The summed E-state index contributed by atoms with van der Waals surface area (Å²) in [4.78, 5) is 15.9. The molecule has 0 aliphatic carbocycles. The van der Waals surface area contributed by atoms with Gasteiger partial charge in [0.1, 0.15) is 5.82 Å². The number of rotatable bonds is 4. The first-order chi connectivity index (χ1) is 8.54. The van der Waals surface area contributed by atoms with Gasteiger partial charge in [0.15, 0.2) is 0 Å². The number of nitrogens with zero attached hydrogens (tertiary/aromatic N) is 1. The SMILES string of the molecule is Cc1nc(CC(=O)O)c(Cc2ccc(F)cc2)s1. The Morgan fingerprint density at radius 3 is 2.67 bits per heavy atom. The van der Waals surface area contributed by atoms with E-state index in [1.165, 1.54) is 23.5 Å². The molecule has 5 heteroatoms. The Balaban J connectivity index is 2.22. The van der Waals surface area contributed by atoms with E-state index in [1.807, 2.05) is 6.92 Å². The maximum Gasteiger partial charge on any atom is 0.309 e. The third kappa shape index (κ3) is 3.13. The third-order valence-electron chi connectivity index (χ3n) is 2.48. The van der Waals surface area contributed by atoms with Gasteiger partial charge in [-0.2, -0.15) is 0 Å². The first-order valence-corrected chi connectivity index (χ1v) is 6.27. The minimum absolute atomic E-state index is 0.0686. The first kappa shape index (κ1) is 12.7. The van der Waals surface area contributed by atoms with Crippen LogP contribution in [-0.2, 0) is 17.6 Å². The van der Waals surface area contributed by atoms with Gasteiger partial charge in [-0.1, -0.05) is 12.1 Å². The zero-order chi connectivity index (χ0) is 13.1. The van der Waals surface area contributed by atoms with Crippen LogP contribution in [0.25, 0.3) is 0 Å². The number of aliphatic carboxylic acids is 1. The van der Waals surface area contributed by atoms with Gasteiger partial charge in [-0.15, -0.1) is 11.3 Å². The van der Waals surface area contributed by atoms with Crippen LogP contribution in [0.2, 0.25) is 0 Å². The molecule has 0 spiro atoms. The number of thiazole rings is 1. The van der Waals surface area contributed by atoms with E-state index in [-0.39, 0.29) is 12.2 Å². The van der Waals surface area contributed by atoms with Crippen molar-refractivity contribution in [2.24, 2.45) is 0 Å². The van der Waals surface area contributed by atoms with Crippen LogP contribution in [0.3, 0.4) is 0 Å². The van der Waals surface area contributed by atoms with E-state index in [0.717, 1.165) is 15.4 Å². The lowest BCUT2D eigenvalue weighted by molar-refractivity contribution is -0.136. The highest BCUT2D eigenvalue weighted by atomic mass is 32.1. The minimum Gasteiger partial charge on any atom is -0.481 e. The van der Waals surface area contributed by atoms with Gasteiger partial charge in [0.25, 0.3) is 0 Å². The van der Waals surface area contributed by atoms with Crippen LogP contribution in [0, 0.1) is 12.7 Å². The number of benzene rings is 1. The molecule has 2 aromatic rings. The Bertz CT molecular complexity index is 563. The summed E-state index contributed by atoms with van der Waals surface area (Å²) >= 11 is 1.49. The number of carbonyl (C=O) groups is 1. The summed E-state index contributed by atoms with van der Waals surface area (Å²) in [6.45, 7) is 1.85. The number of halogens is 1. The van der Waals surface area contributed by atoms with Crippen LogP contribution in [0.15, 0.2) is 24.3 Å². The summed E-state index contributed by atoms with van der Waals surface area (Å²) in [5.74, 6) is -1.16. The Hall–Kier alpha value is -1.75. The molecule has 1 aromatic carbocycles. The van der Waals surface area contributed by atoms with Crippen molar-refractivity contribution in [1.29, 1.82) is 0 Å². The molecule has 0 saturated carbocycles. The average molecular weight is 265 g/mol. The van der Waals surface area contributed by atoms with E-state index in [9.17, 15) is 9.18 Å². The number of carboxylic acids is 1. The highest BCUT2D eigenvalue weighted by molar-refractivity contribution is 7.11. The van der Waals surface area contributed by atoms with Crippen molar-refractivity contribution in [3.8, 4) is 0 Å². The molecule has 0 fully saturated rings. The Morgan fingerprint density at radius 2 is 2.06 bits per heavy atom. The van der Waals surface area contributed by atoms with Gasteiger partial charge in [0.05, 0.1) is 17.1 Å². The molecule has 0 atom stereocenters. The molecule has 0 aliphatic heterocycles. The summed E-state index contributed by atoms with van der Waals surface area (Å²) in [6.07, 6.45) is 0.523. The van der Waals surface area contributed by atoms with Crippen LogP contribution < -0.4 is 0 Å². The second-order valence-electron chi connectivity index (χ2n) is 3.98. The fourth-order valence-corrected chi connectivity index (χ4v) is 2.71. The maximum atomic E-state index is 12.8. The topological polar surface area (TPSA) is 50.2 Å². The Kier molecular flexibility index (Phi) is 3.72. The second-order valence-corrected chi connectivity index (χ2v) is 5.26. The van der Waals surface area contributed by atoms with Crippen LogP contribution in [0.1, 0.15) is 21.1 Å². The van der Waals surface area contributed by atoms with Gasteiger partial charge >= 0.3 is 5.97 Å². The van der Waals surface area contributed by atoms with Gasteiger partial charge in [-0.25, -0.2) is 9.37 Å². The molecule has 3 nitrogen and oxygen atoms in total. The summed E-state index contributed by atoms with van der Waals surface area (Å²) in [7, 11) is 0. The van der Waals surface area contributed by atoms with Crippen LogP contribution in [0.4, 0.5) is 4.39 Å². The molecule has 0 radical (unpaired) electrons. The molecule has 2 rings (SSSR count). The van der Waals surface area contributed by atoms with E-state index in [2.05, 4.69) is 4.98 Å². The number of carboxylic acid groups (broad SMARTS) is 1. The second kappa shape index (κ2) is 5.27. The molecule has 1 heterocycles. The minimum atomic E-state index is -0.888. The molecule has 94 valence electrons. The monoisotopic (exact) mass is 265 g/mol. The summed E-state index contributed by atoms with van der Waals surface area (Å²) in [6, 6.07) is 6.21. The molecule has 1 N–H and O–H groups in total. The molecular formula is C13H12FNO2S. The van der Waals surface area contributed by atoms with Gasteiger partial charge < -0.3 is 5.11 Å². The number of aromatic nitrogens is 1. The lowest BCUT2D eigenvalue weighted by Crippen LogP contribution is -2.03. The zero-order valence-electron chi connectivity index (χ0n) is 9.81. The van der Waals surface area contributed by atoms with E-state index in [1.54, 1.807) is 12.1 Å². The van der Waals surface area contributed by atoms with Crippen molar-refractivity contribution in [3.05, 3.63) is 51.2 Å². The highest BCUT2D eigenvalue weighted by Gasteiger charge is 2.12. The molecule has 0 aliphatic rings. The van der Waals surface area contributed by atoms with E-state index < -0.39 is 5.97 Å². The first-order valence-electron chi connectivity index (χ1n) is 5.46. The predicted octanol–water partition coefficient (Wildman–Crippen LogP) is 2.81. The smallest absolute Gasteiger partial charge is 0.309 e. The molecular weight excluding hydrogens is 253 g/mol. The molecule has 1 aromatic heterocycles. The normalized spacial score (nSPS) is 10.6. The van der Waals surface area contributed by atoms with Crippen molar-refractivity contribution >= 4 is 17.3 Å². The predicted molar refractivity (Wildman–Crippen MR) is 67.4 cm³/mol. The fraction of sp³-hybridized carbons (Fsp3) is 0.231. The fourth-order valence-electron chi connectivity index (χ4n) is 1.72. The molecule has 0 amide bonds. The molecule has 0 saturated heterocycles. The number of hydrogen-bond donors (Lipinski definition) is 1. The maximum absolute atomic E-state index is 12.8. The van der Waals surface area contributed by atoms with E-state index in [4.69, 9.17) is 5.11 Å². The van der Waals surface area contributed by atoms with Gasteiger partial charge in [0, 0.05) is 11.3 Å². The zero-order valence-corrected chi connectivity index (χ0v) is 10.6. The summed E-state index contributed by atoms with van der Waals surface area (Å²) in [5.41, 5.74) is 1.56. The Labute approximate surface area is 108 Å². The van der Waals surface area contributed by atoms with Crippen molar-refractivity contribution in [2.45, 2.75) is 19.8 Å². The Morgan fingerprint density at radius 1 is 1.39 bits per heavy atom. The molecule has 0 bridgehead atoms. The standard InChI is InChI=1S/C13H12FNO2S/c1-8-15-11(7-13(16)17)12(18-8)6-9-2-4-10(14)5-3-9/h2-5H,6-7H2,1H3,(H,16,17). The number of aryl methyl sites for hydroxylation is 1.